The maximum absolute atomic E-state index is 12.6. The Morgan fingerprint density at radius 1 is 1.03 bits per heavy atom. The van der Waals surface area contributed by atoms with Gasteiger partial charge >= 0.3 is 0 Å². The van der Waals surface area contributed by atoms with Crippen molar-refractivity contribution in [3.05, 3.63) is 11.6 Å². The topological polar surface area (TPSA) is 60.7 Å². The first-order chi connectivity index (χ1) is 17.2. The van der Waals surface area contributed by atoms with Crippen molar-refractivity contribution in [2.45, 2.75) is 134 Å². The highest BCUT2D eigenvalue weighted by molar-refractivity contribution is 8.21. The summed E-state index contributed by atoms with van der Waals surface area (Å²) in [4.78, 5) is 0. The van der Waals surface area contributed by atoms with Gasteiger partial charge in [0.2, 0.25) is 0 Å². The smallest absolute Gasteiger partial charge is 0.0936 e. The molecule has 0 amide bonds. The number of rotatable bonds is 6. The van der Waals surface area contributed by atoms with Crippen LogP contribution in [-0.2, 0) is 0 Å². The molecule has 1 heterocycles. The number of hydrogen-bond donors (Lipinski definition) is 3. The first kappa shape index (κ1) is 28.8. The van der Waals surface area contributed by atoms with Gasteiger partial charge in [0.25, 0.3) is 0 Å². The van der Waals surface area contributed by atoms with Crippen molar-refractivity contribution in [3.63, 3.8) is 0 Å². The summed E-state index contributed by atoms with van der Waals surface area (Å²) in [6.45, 7) is 15.7. The summed E-state index contributed by atoms with van der Waals surface area (Å²) in [6, 6.07) is 0. The molecule has 0 aromatic carbocycles. The van der Waals surface area contributed by atoms with Gasteiger partial charge in [0.15, 0.2) is 0 Å². The Labute approximate surface area is 235 Å². The molecule has 3 N–H and O–H groups in total. The third-order valence-corrected chi connectivity index (χ3v) is 16.5. The fourth-order valence-corrected chi connectivity index (χ4v) is 14.8. The van der Waals surface area contributed by atoms with E-state index in [1.54, 1.807) is 5.57 Å². The lowest BCUT2D eigenvalue weighted by atomic mass is 9.43. The second-order valence-corrected chi connectivity index (χ2v) is 18.0. The molecule has 1 spiro atoms. The van der Waals surface area contributed by atoms with Crippen LogP contribution >= 0.6 is 23.5 Å². The zero-order valence-electron chi connectivity index (χ0n) is 24.6. The van der Waals surface area contributed by atoms with E-state index in [1.165, 1.54) is 12.8 Å². The predicted octanol–water partition coefficient (Wildman–Crippen LogP) is 7.43. The molecule has 3 saturated carbocycles. The first-order valence-electron chi connectivity index (χ1n) is 15.3. The van der Waals surface area contributed by atoms with E-state index in [-0.39, 0.29) is 32.3 Å². The van der Waals surface area contributed by atoms with Crippen LogP contribution in [0.4, 0.5) is 0 Å². The molecule has 0 bridgehead atoms. The van der Waals surface area contributed by atoms with Crippen molar-refractivity contribution in [3.8, 4) is 0 Å². The summed E-state index contributed by atoms with van der Waals surface area (Å²) in [7, 11) is 0. The normalized spacial score (nSPS) is 48.9. The van der Waals surface area contributed by atoms with Gasteiger partial charge in [0.1, 0.15) is 0 Å². The molecular formula is C32H54O3S2. The Balaban J connectivity index is 1.51. The van der Waals surface area contributed by atoms with Crippen LogP contribution in [0.15, 0.2) is 11.6 Å². The van der Waals surface area contributed by atoms with Crippen molar-refractivity contribution in [2.24, 2.45) is 39.9 Å². The number of hydrogen-bond acceptors (Lipinski definition) is 5. The van der Waals surface area contributed by atoms with E-state index in [4.69, 9.17) is 0 Å². The van der Waals surface area contributed by atoms with Crippen molar-refractivity contribution in [2.75, 3.05) is 11.5 Å². The largest absolute Gasteiger partial charge is 0.393 e. The average Bonchev–Trinajstić information content (AvgIpc) is 3.36. The molecule has 9 atom stereocenters. The molecule has 0 aromatic rings. The maximum atomic E-state index is 12.6. The van der Waals surface area contributed by atoms with Gasteiger partial charge in [-0.15, -0.1) is 23.5 Å². The van der Waals surface area contributed by atoms with E-state index in [9.17, 15) is 15.3 Å². The highest BCUT2D eigenvalue weighted by atomic mass is 32.2. The van der Waals surface area contributed by atoms with Crippen LogP contribution in [-0.4, -0.2) is 48.2 Å². The van der Waals surface area contributed by atoms with Gasteiger partial charge in [-0.1, -0.05) is 52.2 Å². The second-order valence-electron chi connectivity index (χ2n) is 15.0. The molecule has 0 aromatic heterocycles. The third kappa shape index (κ3) is 4.09. The summed E-state index contributed by atoms with van der Waals surface area (Å²) in [5.74, 6) is 4.14. The summed E-state index contributed by atoms with van der Waals surface area (Å²) in [5.41, 5.74) is 0.652. The number of fused-ring (bicyclic) bond motifs is 6. The Morgan fingerprint density at radius 3 is 2.32 bits per heavy atom. The van der Waals surface area contributed by atoms with Crippen LogP contribution in [0.1, 0.15) is 113 Å². The van der Waals surface area contributed by atoms with Crippen LogP contribution in [0.5, 0.6) is 0 Å². The molecule has 9 unspecified atom stereocenters. The van der Waals surface area contributed by atoms with Gasteiger partial charge in [-0.3, -0.25) is 0 Å². The lowest BCUT2D eigenvalue weighted by Crippen LogP contribution is -2.58. The molecule has 212 valence electrons. The zero-order chi connectivity index (χ0) is 27.1. The minimum absolute atomic E-state index is 0.00169. The number of unbranched alkanes of at least 4 members (excludes halogenated alkanes) is 1. The Hall–Kier alpha value is 0.320. The molecule has 5 heteroatoms. The molecule has 37 heavy (non-hydrogen) atoms. The molecule has 3 nitrogen and oxygen atoms in total. The van der Waals surface area contributed by atoms with Crippen LogP contribution < -0.4 is 0 Å². The third-order valence-electron chi connectivity index (χ3n) is 12.6. The lowest BCUT2D eigenvalue weighted by Gasteiger charge is -2.63. The number of aliphatic hydroxyl groups excluding tert-OH is 1. The summed E-state index contributed by atoms with van der Waals surface area (Å²) in [5, 5.41) is 33.9. The van der Waals surface area contributed by atoms with Gasteiger partial charge in [-0.2, -0.15) is 0 Å². The molecule has 1 saturated heterocycles. The Bertz CT molecular complexity index is 902. The Morgan fingerprint density at radius 2 is 1.70 bits per heavy atom. The van der Waals surface area contributed by atoms with E-state index in [0.29, 0.717) is 17.8 Å². The number of allylic oxidation sites excluding steroid dienone is 2. The quantitative estimate of drug-likeness (QED) is 0.237. The van der Waals surface area contributed by atoms with Crippen LogP contribution in [0.2, 0.25) is 0 Å². The van der Waals surface area contributed by atoms with Gasteiger partial charge in [0, 0.05) is 11.5 Å². The van der Waals surface area contributed by atoms with Crippen LogP contribution in [0.3, 0.4) is 0 Å². The van der Waals surface area contributed by atoms with Gasteiger partial charge in [-0.05, 0) is 112 Å². The molecular weight excluding hydrogens is 496 g/mol. The van der Waals surface area contributed by atoms with Gasteiger partial charge in [-0.25, -0.2) is 0 Å². The predicted molar refractivity (Wildman–Crippen MR) is 159 cm³/mol. The highest BCUT2D eigenvalue weighted by Crippen LogP contribution is 2.77. The molecule has 1 aliphatic heterocycles. The number of aliphatic hydroxyl groups is 3. The van der Waals surface area contributed by atoms with E-state index >= 15 is 0 Å². The van der Waals surface area contributed by atoms with Crippen molar-refractivity contribution < 1.29 is 15.3 Å². The summed E-state index contributed by atoms with van der Waals surface area (Å²) < 4.78 is -0.127. The standard InChI is InChI=1S/C32H54O3S2/c1-8-28(4)23-13-12-21-22(29(23,5)18-15-25(28)33)14-17-30(6)24(11-9-10-16-27(2,3)34)31(7,35)32(26(21)30)36-19-20-37-32/h14,21,23-26,33-35H,8-13,15-20H2,1-7H3. The van der Waals surface area contributed by atoms with Crippen molar-refractivity contribution in [1.29, 1.82) is 0 Å². The maximum Gasteiger partial charge on any atom is 0.0936 e. The van der Waals surface area contributed by atoms with Crippen LogP contribution in [0, 0.1) is 39.9 Å². The van der Waals surface area contributed by atoms with Crippen molar-refractivity contribution in [1.82, 2.24) is 0 Å². The average molecular weight is 551 g/mol. The fraction of sp³-hybridized carbons (Fsp3) is 0.938. The van der Waals surface area contributed by atoms with Crippen LogP contribution in [0.25, 0.3) is 0 Å². The summed E-state index contributed by atoms with van der Waals surface area (Å²) in [6.07, 6.45) is 13.0. The lowest BCUT2D eigenvalue weighted by molar-refractivity contribution is -0.118. The SMILES string of the molecule is CCC1(C)C(O)CCC2(C)C3=CCC4(C)C(CCCCC(C)(C)O)C(C)(O)C5(SCCS5)C4C3CCC21. The first-order valence-corrected chi connectivity index (χ1v) is 17.3. The monoisotopic (exact) mass is 550 g/mol. The minimum Gasteiger partial charge on any atom is -0.393 e. The molecule has 5 rings (SSSR count). The van der Waals surface area contributed by atoms with E-state index in [2.05, 4.69) is 64.2 Å². The van der Waals surface area contributed by atoms with Gasteiger partial charge in [0.05, 0.1) is 21.4 Å². The van der Waals surface area contributed by atoms with E-state index in [1.807, 2.05) is 13.8 Å². The van der Waals surface area contributed by atoms with Gasteiger partial charge < -0.3 is 15.3 Å². The molecule has 4 aliphatic carbocycles. The fourth-order valence-electron chi connectivity index (χ4n) is 10.6. The highest BCUT2D eigenvalue weighted by Gasteiger charge is 2.75. The minimum atomic E-state index is -0.700. The zero-order valence-corrected chi connectivity index (χ0v) is 26.2. The second kappa shape index (κ2) is 9.43. The van der Waals surface area contributed by atoms with E-state index < -0.39 is 11.2 Å². The Kier molecular flexibility index (Phi) is 7.35. The van der Waals surface area contributed by atoms with Crippen molar-refractivity contribution >= 4 is 23.5 Å². The molecule has 5 aliphatic rings. The van der Waals surface area contributed by atoms with E-state index in [0.717, 1.165) is 62.9 Å². The summed E-state index contributed by atoms with van der Waals surface area (Å²) >= 11 is 4.17. The number of thioether (sulfide) groups is 2. The molecule has 4 fully saturated rings. The molecule has 0 radical (unpaired) electrons.